The van der Waals surface area contributed by atoms with Gasteiger partial charge in [-0.3, -0.25) is 4.79 Å². The van der Waals surface area contributed by atoms with E-state index in [1.54, 1.807) is 0 Å². The molecule has 1 heterocycles. The van der Waals surface area contributed by atoms with Crippen LogP contribution in [-0.2, 0) is 0 Å². The molecule has 2 aromatic carbocycles. The normalized spacial score (nSPS) is 15.4. The van der Waals surface area contributed by atoms with E-state index >= 15 is 0 Å². The summed E-state index contributed by atoms with van der Waals surface area (Å²) in [7, 11) is 2.16. The van der Waals surface area contributed by atoms with Crippen LogP contribution in [-0.4, -0.2) is 44.0 Å². The first-order valence-corrected chi connectivity index (χ1v) is 8.46. The van der Waals surface area contributed by atoms with Crippen molar-refractivity contribution in [2.24, 2.45) is 0 Å². The Morgan fingerprint density at radius 2 is 1.67 bits per heavy atom. The van der Waals surface area contributed by atoms with Crippen LogP contribution in [0.25, 0.3) is 0 Å². The molecule has 3 rings (SSSR count). The highest BCUT2D eigenvalue weighted by molar-refractivity contribution is 6.05. The van der Waals surface area contributed by atoms with Crippen LogP contribution < -0.4 is 10.2 Å². The Bertz CT molecular complexity index is 733. The lowest BCUT2D eigenvalue weighted by atomic mass is 10.1. The van der Waals surface area contributed by atoms with Crippen molar-refractivity contribution in [3.63, 3.8) is 0 Å². The predicted octanol–water partition coefficient (Wildman–Crippen LogP) is 3.31. The van der Waals surface area contributed by atoms with Crippen molar-refractivity contribution in [1.29, 1.82) is 0 Å². The summed E-state index contributed by atoms with van der Waals surface area (Å²) in [5.74, 6) is -0.0523. The van der Waals surface area contributed by atoms with Crippen molar-refractivity contribution >= 4 is 17.3 Å². The molecule has 2 aromatic rings. The Kier molecular flexibility index (Phi) is 4.86. The number of anilines is 2. The molecule has 1 amide bonds. The molecule has 0 radical (unpaired) electrons. The van der Waals surface area contributed by atoms with Gasteiger partial charge in [0.15, 0.2) is 0 Å². The second-order valence-electron chi connectivity index (χ2n) is 6.56. The summed E-state index contributed by atoms with van der Waals surface area (Å²) in [6.07, 6.45) is 0. The van der Waals surface area contributed by atoms with Crippen LogP contribution in [0, 0.1) is 13.8 Å². The number of piperazine rings is 1. The SMILES string of the molecule is Cc1cc(N2CCN(C)CC2)ccc1NC(=O)c1ccccc1C. The first-order chi connectivity index (χ1) is 11.5. The average Bonchev–Trinajstić information content (AvgIpc) is 2.57. The number of amides is 1. The maximum Gasteiger partial charge on any atom is 0.255 e. The molecule has 0 atom stereocenters. The number of likely N-dealkylation sites (N-methyl/N-ethyl adjacent to an activating group) is 1. The molecule has 1 fully saturated rings. The first-order valence-electron chi connectivity index (χ1n) is 8.46. The average molecular weight is 323 g/mol. The third kappa shape index (κ3) is 3.60. The van der Waals surface area contributed by atoms with Gasteiger partial charge in [-0.25, -0.2) is 0 Å². The molecule has 0 spiro atoms. The van der Waals surface area contributed by atoms with Crippen LogP contribution in [0.5, 0.6) is 0 Å². The number of benzene rings is 2. The fourth-order valence-electron chi connectivity index (χ4n) is 3.07. The Morgan fingerprint density at radius 1 is 0.958 bits per heavy atom. The van der Waals surface area contributed by atoms with Crippen LogP contribution in [0.2, 0.25) is 0 Å². The molecule has 0 bridgehead atoms. The third-order valence-electron chi connectivity index (χ3n) is 4.72. The quantitative estimate of drug-likeness (QED) is 0.941. The third-order valence-corrected chi connectivity index (χ3v) is 4.72. The predicted molar refractivity (Wildman–Crippen MR) is 100 cm³/mol. The van der Waals surface area contributed by atoms with E-state index in [2.05, 4.69) is 34.3 Å². The summed E-state index contributed by atoms with van der Waals surface area (Å²) in [6, 6.07) is 13.9. The highest BCUT2D eigenvalue weighted by atomic mass is 16.1. The van der Waals surface area contributed by atoms with Crippen molar-refractivity contribution in [3.8, 4) is 0 Å². The van der Waals surface area contributed by atoms with Gasteiger partial charge in [0.1, 0.15) is 0 Å². The molecule has 1 saturated heterocycles. The zero-order valence-corrected chi connectivity index (χ0v) is 14.7. The topological polar surface area (TPSA) is 35.6 Å². The molecule has 0 aliphatic carbocycles. The van der Waals surface area contributed by atoms with E-state index in [9.17, 15) is 4.79 Å². The lowest BCUT2D eigenvalue weighted by Crippen LogP contribution is -2.44. The van der Waals surface area contributed by atoms with Gasteiger partial charge in [0.2, 0.25) is 0 Å². The van der Waals surface area contributed by atoms with Gasteiger partial charge < -0.3 is 15.1 Å². The minimum atomic E-state index is -0.0523. The minimum absolute atomic E-state index is 0.0523. The van der Waals surface area contributed by atoms with Gasteiger partial charge in [0.05, 0.1) is 0 Å². The number of nitrogens with zero attached hydrogens (tertiary/aromatic N) is 2. The summed E-state index contributed by atoms with van der Waals surface area (Å²) in [6.45, 7) is 8.27. The molecule has 0 unspecified atom stereocenters. The fourth-order valence-corrected chi connectivity index (χ4v) is 3.07. The van der Waals surface area contributed by atoms with Crippen LogP contribution in [0.4, 0.5) is 11.4 Å². The van der Waals surface area contributed by atoms with Crippen LogP contribution in [0.1, 0.15) is 21.5 Å². The van der Waals surface area contributed by atoms with Gasteiger partial charge in [0.25, 0.3) is 5.91 Å². The van der Waals surface area contributed by atoms with E-state index in [0.717, 1.165) is 48.6 Å². The van der Waals surface area contributed by atoms with Crippen molar-refractivity contribution in [1.82, 2.24) is 4.90 Å². The Hall–Kier alpha value is -2.33. The van der Waals surface area contributed by atoms with Crippen molar-refractivity contribution in [2.75, 3.05) is 43.4 Å². The van der Waals surface area contributed by atoms with Gasteiger partial charge in [0, 0.05) is 43.1 Å². The molecule has 0 saturated carbocycles. The number of hydrogen-bond acceptors (Lipinski definition) is 3. The molecule has 126 valence electrons. The molecular formula is C20H25N3O. The molecule has 4 nitrogen and oxygen atoms in total. The van der Waals surface area contributed by atoms with E-state index in [-0.39, 0.29) is 5.91 Å². The highest BCUT2D eigenvalue weighted by Crippen LogP contribution is 2.24. The number of aryl methyl sites for hydroxylation is 2. The summed E-state index contributed by atoms with van der Waals surface area (Å²) < 4.78 is 0. The highest BCUT2D eigenvalue weighted by Gasteiger charge is 2.15. The lowest BCUT2D eigenvalue weighted by Gasteiger charge is -2.34. The molecule has 1 N–H and O–H groups in total. The minimum Gasteiger partial charge on any atom is -0.369 e. The van der Waals surface area contributed by atoms with Gasteiger partial charge >= 0.3 is 0 Å². The van der Waals surface area contributed by atoms with Crippen LogP contribution in [0.3, 0.4) is 0 Å². The standard InChI is InChI=1S/C20H25N3O/c1-15-6-4-5-7-18(15)20(24)21-19-9-8-17(14-16(19)2)23-12-10-22(3)11-13-23/h4-9,14H,10-13H2,1-3H3,(H,21,24). The van der Waals surface area contributed by atoms with E-state index in [0.29, 0.717) is 0 Å². The van der Waals surface area contributed by atoms with E-state index < -0.39 is 0 Å². The van der Waals surface area contributed by atoms with Crippen LogP contribution >= 0.6 is 0 Å². The summed E-state index contributed by atoms with van der Waals surface area (Å²) >= 11 is 0. The maximum atomic E-state index is 12.5. The zero-order chi connectivity index (χ0) is 17.1. The zero-order valence-electron chi connectivity index (χ0n) is 14.7. The van der Waals surface area contributed by atoms with E-state index in [1.807, 2.05) is 44.2 Å². The summed E-state index contributed by atoms with van der Waals surface area (Å²) in [4.78, 5) is 17.2. The molecule has 4 heteroatoms. The number of nitrogens with one attached hydrogen (secondary N) is 1. The number of hydrogen-bond donors (Lipinski definition) is 1. The summed E-state index contributed by atoms with van der Waals surface area (Å²) in [5.41, 5.74) is 4.91. The van der Waals surface area contributed by atoms with E-state index in [1.165, 1.54) is 5.69 Å². The molecule has 1 aliphatic heterocycles. The van der Waals surface area contributed by atoms with Gasteiger partial charge in [-0.05, 0) is 56.3 Å². The molecule has 1 aliphatic rings. The molecular weight excluding hydrogens is 298 g/mol. The largest absolute Gasteiger partial charge is 0.369 e. The fraction of sp³-hybridized carbons (Fsp3) is 0.350. The summed E-state index contributed by atoms with van der Waals surface area (Å²) in [5, 5.41) is 3.04. The Labute approximate surface area is 144 Å². The number of carbonyl (C=O) groups is 1. The molecule has 0 aromatic heterocycles. The lowest BCUT2D eigenvalue weighted by molar-refractivity contribution is 0.102. The Balaban J connectivity index is 1.73. The number of carbonyl (C=O) groups excluding carboxylic acids is 1. The maximum absolute atomic E-state index is 12.5. The van der Waals surface area contributed by atoms with Gasteiger partial charge in [-0.1, -0.05) is 18.2 Å². The first kappa shape index (κ1) is 16.5. The van der Waals surface area contributed by atoms with Crippen molar-refractivity contribution < 1.29 is 4.79 Å². The van der Waals surface area contributed by atoms with Crippen molar-refractivity contribution in [3.05, 3.63) is 59.2 Å². The second-order valence-corrected chi connectivity index (χ2v) is 6.56. The Morgan fingerprint density at radius 3 is 2.33 bits per heavy atom. The van der Waals surface area contributed by atoms with Crippen molar-refractivity contribution in [2.45, 2.75) is 13.8 Å². The van der Waals surface area contributed by atoms with Gasteiger partial charge in [-0.2, -0.15) is 0 Å². The van der Waals surface area contributed by atoms with Crippen LogP contribution in [0.15, 0.2) is 42.5 Å². The smallest absolute Gasteiger partial charge is 0.255 e. The number of rotatable bonds is 3. The van der Waals surface area contributed by atoms with Gasteiger partial charge in [-0.15, -0.1) is 0 Å². The van der Waals surface area contributed by atoms with E-state index in [4.69, 9.17) is 0 Å². The second kappa shape index (κ2) is 7.05. The monoisotopic (exact) mass is 323 g/mol. The molecule has 24 heavy (non-hydrogen) atoms.